The average molecular weight is 476 g/mol. The van der Waals surface area contributed by atoms with E-state index in [1.807, 2.05) is 42.6 Å². The maximum Gasteiger partial charge on any atom is 0.227 e. The van der Waals surface area contributed by atoms with Crippen LogP contribution in [0.25, 0.3) is 11.0 Å². The lowest BCUT2D eigenvalue weighted by Crippen LogP contribution is -2.35. The number of carbonyl (C=O) groups excluding carboxylic acids is 2. The third kappa shape index (κ3) is 4.62. The summed E-state index contributed by atoms with van der Waals surface area (Å²) in [5, 5.41) is 13.6. The number of aromatic nitrogens is 4. The summed E-state index contributed by atoms with van der Waals surface area (Å²) < 4.78 is 1.76. The van der Waals surface area contributed by atoms with Crippen molar-refractivity contribution in [2.24, 2.45) is 5.92 Å². The molecule has 0 spiro atoms. The van der Waals surface area contributed by atoms with Crippen molar-refractivity contribution in [3.8, 4) is 0 Å². The van der Waals surface area contributed by atoms with Crippen LogP contribution in [0.15, 0.2) is 54.3 Å². The number of anilines is 2. The third-order valence-electron chi connectivity index (χ3n) is 5.91. The maximum absolute atomic E-state index is 12.7. The summed E-state index contributed by atoms with van der Waals surface area (Å²) >= 11 is 1.69. The molecule has 34 heavy (non-hydrogen) atoms. The Labute approximate surface area is 200 Å². The molecule has 1 aliphatic rings. The van der Waals surface area contributed by atoms with Crippen LogP contribution in [0.3, 0.4) is 0 Å². The van der Waals surface area contributed by atoms with Gasteiger partial charge in [-0.15, -0.1) is 11.3 Å². The molecule has 2 amide bonds. The Morgan fingerprint density at radius 1 is 1.21 bits per heavy atom. The van der Waals surface area contributed by atoms with Crippen LogP contribution >= 0.6 is 11.3 Å². The average Bonchev–Trinajstić information content (AvgIpc) is 3.59. The van der Waals surface area contributed by atoms with E-state index in [4.69, 9.17) is 0 Å². The van der Waals surface area contributed by atoms with E-state index in [1.54, 1.807) is 27.1 Å². The Balaban J connectivity index is 1.17. The Kier molecular flexibility index (Phi) is 6.22. The minimum absolute atomic E-state index is 0.0265. The van der Waals surface area contributed by atoms with Crippen molar-refractivity contribution in [1.82, 2.24) is 25.1 Å². The lowest BCUT2D eigenvalue weighted by Gasteiger charge is -2.17. The number of nitrogens with one attached hydrogen (secondary N) is 2. The van der Waals surface area contributed by atoms with Gasteiger partial charge in [0.05, 0.1) is 30.6 Å². The summed E-state index contributed by atoms with van der Waals surface area (Å²) in [6, 6.07) is 11.9. The van der Waals surface area contributed by atoms with Gasteiger partial charge in [0, 0.05) is 30.1 Å². The van der Waals surface area contributed by atoms with E-state index < -0.39 is 0 Å². The molecule has 0 bridgehead atoms. The smallest absolute Gasteiger partial charge is 0.227 e. The molecule has 174 valence electrons. The highest BCUT2D eigenvalue weighted by molar-refractivity contribution is 7.09. The van der Waals surface area contributed by atoms with Crippen molar-refractivity contribution in [1.29, 1.82) is 0 Å². The van der Waals surface area contributed by atoms with E-state index in [1.165, 1.54) is 11.2 Å². The molecule has 3 aromatic heterocycles. The molecule has 0 aliphatic carbocycles. The summed E-state index contributed by atoms with van der Waals surface area (Å²) in [5.74, 6) is 0.224. The van der Waals surface area contributed by atoms with Crippen molar-refractivity contribution in [3.05, 3.63) is 64.7 Å². The zero-order valence-corrected chi connectivity index (χ0v) is 19.6. The van der Waals surface area contributed by atoms with Crippen LogP contribution in [0.1, 0.15) is 16.9 Å². The monoisotopic (exact) mass is 475 g/mol. The van der Waals surface area contributed by atoms with Gasteiger partial charge in [-0.3, -0.25) is 9.59 Å². The van der Waals surface area contributed by atoms with Crippen LogP contribution in [-0.4, -0.2) is 44.7 Å². The maximum atomic E-state index is 12.7. The quantitative estimate of drug-likeness (QED) is 0.406. The molecule has 0 radical (unpaired) electrons. The van der Waals surface area contributed by atoms with Gasteiger partial charge in [0.15, 0.2) is 5.65 Å². The Morgan fingerprint density at radius 3 is 2.85 bits per heavy atom. The molecule has 1 atom stereocenters. The number of nitrogens with zero attached hydrogens (tertiary/aromatic N) is 5. The SMILES string of the molecule is Cc1ccc(N2CC(C(=O)NCCn3ncc4c(NCc5cccs5)ncnc43)CC2=O)cc1. The van der Waals surface area contributed by atoms with Gasteiger partial charge < -0.3 is 15.5 Å². The molecule has 1 unspecified atom stereocenters. The minimum atomic E-state index is -0.362. The summed E-state index contributed by atoms with van der Waals surface area (Å²) in [6.45, 7) is 3.95. The summed E-state index contributed by atoms with van der Waals surface area (Å²) in [7, 11) is 0. The van der Waals surface area contributed by atoms with Crippen molar-refractivity contribution < 1.29 is 9.59 Å². The van der Waals surface area contributed by atoms with Crippen LogP contribution in [0.4, 0.5) is 11.5 Å². The summed E-state index contributed by atoms with van der Waals surface area (Å²) in [6.07, 6.45) is 3.47. The van der Waals surface area contributed by atoms with Crippen molar-refractivity contribution in [2.75, 3.05) is 23.3 Å². The van der Waals surface area contributed by atoms with E-state index in [2.05, 4.69) is 31.8 Å². The van der Waals surface area contributed by atoms with Gasteiger partial charge in [-0.2, -0.15) is 5.10 Å². The standard InChI is InChI=1S/C24H25N7O2S/c1-16-4-6-18(7-5-16)30-14-17(11-21(30)32)24(33)25-8-9-31-23-20(13-29-31)22(27-15-28-23)26-12-19-3-2-10-34-19/h2-7,10,13,15,17H,8-9,11-12,14H2,1H3,(H,25,33)(H,26,27,28). The Bertz CT molecular complexity index is 1300. The second kappa shape index (κ2) is 9.60. The molecule has 1 fully saturated rings. The number of hydrogen-bond donors (Lipinski definition) is 2. The lowest BCUT2D eigenvalue weighted by atomic mass is 10.1. The third-order valence-corrected chi connectivity index (χ3v) is 6.78. The number of aryl methyl sites for hydroxylation is 1. The first-order valence-corrected chi connectivity index (χ1v) is 12.0. The number of thiophene rings is 1. The molecule has 1 saturated heterocycles. The van der Waals surface area contributed by atoms with E-state index in [-0.39, 0.29) is 24.2 Å². The number of amides is 2. The second-order valence-corrected chi connectivity index (χ2v) is 9.32. The Morgan fingerprint density at radius 2 is 2.06 bits per heavy atom. The zero-order valence-electron chi connectivity index (χ0n) is 18.8. The number of benzene rings is 1. The molecule has 9 nitrogen and oxygen atoms in total. The van der Waals surface area contributed by atoms with Gasteiger partial charge in [-0.1, -0.05) is 23.8 Å². The fourth-order valence-electron chi connectivity index (χ4n) is 4.07. The summed E-state index contributed by atoms with van der Waals surface area (Å²) in [4.78, 5) is 36.8. The largest absolute Gasteiger partial charge is 0.364 e. The molecule has 0 saturated carbocycles. The van der Waals surface area contributed by atoms with Gasteiger partial charge >= 0.3 is 0 Å². The lowest BCUT2D eigenvalue weighted by molar-refractivity contribution is -0.126. The van der Waals surface area contributed by atoms with Crippen molar-refractivity contribution in [2.45, 2.75) is 26.4 Å². The second-order valence-electron chi connectivity index (χ2n) is 8.29. The molecule has 10 heteroatoms. The van der Waals surface area contributed by atoms with Crippen LogP contribution in [0.5, 0.6) is 0 Å². The van der Waals surface area contributed by atoms with E-state index >= 15 is 0 Å². The van der Waals surface area contributed by atoms with Gasteiger partial charge in [0.1, 0.15) is 12.1 Å². The molecule has 4 heterocycles. The molecular weight excluding hydrogens is 450 g/mol. The van der Waals surface area contributed by atoms with Crippen molar-refractivity contribution in [3.63, 3.8) is 0 Å². The highest BCUT2D eigenvalue weighted by Gasteiger charge is 2.34. The van der Waals surface area contributed by atoms with Gasteiger partial charge in [0.25, 0.3) is 0 Å². The van der Waals surface area contributed by atoms with Gasteiger partial charge in [0.2, 0.25) is 11.8 Å². The molecular formula is C24H25N7O2S. The van der Waals surface area contributed by atoms with Gasteiger partial charge in [-0.05, 0) is 30.5 Å². The fourth-order valence-corrected chi connectivity index (χ4v) is 4.71. The molecule has 1 aromatic carbocycles. The first kappa shape index (κ1) is 22.0. The normalized spacial score (nSPS) is 15.7. The van der Waals surface area contributed by atoms with Crippen molar-refractivity contribution >= 4 is 45.7 Å². The first-order chi connectivity index (χ1) is 16.6. The molecule has 4 aromatic rings. The topological polar surface area (TPSA) is 105 Å². The number of fused-ring (bicyclic) bond motifs is 1. The van der Waals surface area contributed by atoms with E-state index in [9.17, 15) is 9.59 Å². The minimum Gasteiger partial charge on any atom is -0.364 e. The van der Waals surface area contributed by atoms with Gasteiger partial charge in [-0.25, -0.2) is 14.6 Å². The van der Waals surface area contributed by atoms with E-state index in [0.717, 1.165) is 22.5 Å². The number of rotatable bonds is 8. The van der Waals surface area contributed by atoms with Crippen LogP contribution in [-0.2, 0) is 22.7 Å². The molecule has 1 aliphatic heterocycles. The number of hydrogen-bond acceptors (Lipinski definition) is 7. The van der Waals surface area contributed by atoms with Crippen LogP contribution in [0.2, 0.25) is 0 Å². The van der Waals surface area contributed by atoms with E-state index in [0.29, 0.717) is 31.8 Å². The zero-order chi connectivity index (χ0) is 23.5. The predicted octanol–water partition coefficient (Wildman–Crippen LogP) is 2.98. The molecule has 2 N–H and O–H groups in total. The van der Waals surface area contributed by atoms with Crippen LogP contribution < -0.4 is 15.5 Å². The summed E-state index contributed by atoms with van der Waals surface area (Å²) in [5.41, 5.74) is 2.67. The predicted molar refractivity (Wildman–Crippen MR) is 132 cm³/mol. The fraction of sp³-hybridized carbons (Fsp3) is 0.292. The highest BCUT2D eigenvalue weighted by atomic mass is 32.1. The number of carbonyl (C=O) groups is 2. The Hall–Kier alpha value is -3.79. The highest BCUT2D eigenvalue weighted by Crippen LogP contribution is 2.25. The van der Waals surface area contributed by atoms with Crippen LogP contribution in [0, 0.1) is 12.8 Å². The first-order valence-electron chi connectivity index (χ1n) is 11.2. The molecule has 5 rings (SSSR count).